The van der Waals surface area contributed by atoms with Crippen LogP contribution in [0.1, 0.15) is 76.1 Å². The van der Waals surface area contributed by atoms with Crippen LogP contribution in [0, 0.1) is 0 Å². The minimum absolute atomic E-state index is 0.0386. The van der Waals surface area contributed by atoms with Crippen LogP contribution in [-0.2, 0) is 0 Å². The van der Waals surface area contributed by atoms with Crippen molar-refractivity contribution in [3.8, 4) is 0 Å². The molecule has 3 aliphatic heterocycles. The maximum atomic E-state index is 12.7. The van der Waals surface area contributed by atoms with E-state index in [2.05, 4.69) is 14.8 Å². The lowest BCUT2D eigenvalue weighted by atomic mass is 9.92. The molecule has 3 fully saturated rings. The molecule has 31 heavy (non-hydrogen) atoms. The lowest BCUT2D eigenvalue weighted by Crippen LogP contribution is -2.57. The Morgan fingerprint density at radius 2 is 1.74 bits per heavy atom. The van der Waals surface area contributed by atoms with Gasteiger partial charge in [0.2, 0.25) is 0 Å². The standard InChI is InChI=1S/C24H36N4O3/c1-24(2,3)28(23(30)31)20-13-18-8-9-19(14-20)27(18)22-10-7-17(15-25-22)21(29)16-26-11-5-4-6-12-26/h7,10,15,18-20H,4-6,8-9,11-14,16H2,1-3H3,(H,30,31)/t18-,19+,20+. The van der Waals surface area contributed by atoms with Gasteiger partial charge in [0, 0.05) is 35.4 Å². The zero-order valence-electron chi connectivity index (χ0n) is 19.1. The molecule has 4 heterocycles. The second kappa shape index (κ2) is 8.77. The van der Waals surface area contributed by atoms with Gasteiger partial charge >= 0.3 is 6.09 Å². The first kappa shape index (κ1) is 22.1. The first-order valence-electron chi connectivity index (χ1n) is 11.8. The molecule has 3 saturated heterocycles. The van der Waals surface area contributed by atoms with E-state index in [1.54, 1.807) is 11.1 Å². The van der Waals surface area contributed by atoms with Crippen molar-refractivity contribution in [3.05, 3.63) is 23.9 Å². The third-order valence-corrected chi connectivity index (χ3v) is 7.15. The SMILES string of the molecule is CC(C)(C)N(C(=O)O)[C@H]1C[C@H]2CC[C@@H](C1)N2c1ccc(C(=O)CN2CCCCC2)cn1. The second-order valence-electron chi connectivity index (χ2n) is 10.4. The molecule has 2 bridgehead atoms. The number of rotatable bonds is 5. The van der Waals surface area contributed by atoms with E-state index in [9.17, 15) is 14.7 Å². The summed E-state index contributed by atoms with van der Waals surface area (Å²) in [5, 5.41) is 9.80. The number of piperidine rings is 2. The molecule has 0 aromatic carbocycles. The molecular weight excluding hydrogens is 392 g/mol. The fraction of sp³-hybridized carbons (Fsp3) is 0.708. The summed E-state index contributed by atoms with van der Waals surface area (Å²) >= 11 is 0. The van der Waals surface area contributed by atoms with E-state index < -0.39 is 11.6 Å². The van der Waals surface area contributed by atoms with Gasteiger partial charge < -0.3 is 14.9 Å². The fourth-order valence-corrected chi connectivity index (χ4v) is 5.84. The highest BCUT2D eigenvalue weighted by Crippen LogP contribution is 2.41. The molecule has 0 aliphatic carbocycles. The molecule has 3 atom stereocenters. The van der Waals surface area contributed by atoms with E-state index in [-0.39, 0.29) is 11.8 Å². The van der Waals surface area contributed by atoms with Crippen LogP contribution in [0.3, 0.4) is 0 Å². The maximum Gasteiger partial charge on any atom is 0.407 e. The van der Waals surface area contributed by atoms with E-state index in [4.69, 9.17) is 0 Å². The summed E-state index contributed by atoms with van der Waals surface area (Å²) in [6.45, 7) is 8.41. The smallest absolute Gasteiger partial charge is 0.407 e. The number of carboxylic acid groups (broad SMARTS) is 1. The van der Waals surface area contributed by atoms with Crippen molar-refractivity contribution < 1.29 is 14.7 Å². The lowest BCUT2D eigenvalue weighted by molar-refractivity contribution is 0.0558. The molecule has 0 spiro atoms. The van der Waals surface area contributed by atoms with Gasteiger partial charge in [-0.3, -0.25) is 9.69 Å². The number of carbonyl (C=O) groups is 2. The summed E-state index contributed by atoms with van der Waals surface area (Å²) in [5.41, 5.74) is 0.272. The average Bonchev–Trinajstić information content (AvgIpc) is 2.98. The highest BCUT2D eigenvalue weighted by atomic mass is 16.4. The number of ketones is 1. The molecule has 0 unspecified atom stereocenters. The van der Waals surface area contributed by atoms with Crippen LogP contribution in [0.5, 0.6) is 0 Å². The molecule has 3 aliphatic rings. The van der Waals surface area contributed by atoms with E-state index in [0.29, 0.717) is 24.2 Å². The first-order chi connectivity index (χ1) is 14.7. The zero-order valence-corrected chi connectivity index (χ0v) is 19.1. The van der Waals surface area contributed by atoms with Gasteiger partial charge in [-0.25, -0.2) is 9.78 Å². The Kier molecular flexibility index (Phi) is 6.24. The van der Waals surface area contributed by atoms with E-state index >= 15 is 0 Å². The molecule has 0 saturated carbocycles. The molecule has 1 aromatic rings. The van der Waals surface area contributed by atoms with Crippen LogP contribution in [0.2, 0.25) is 0 Å². The number of aromatic nitrogens is 1. The monoisotopic (exact) mass is 428 g/mol. The van der Waals surface area contributed by atoms with Crippen molar-refractivity contribution in [2.45, 2.75) is 89.4 Å². The zero-order chi connectivity index (χ0) is 22.2. The van der Waals surface area contributed by atoms with E-state index in [0.717, 1.165) is 44.6 Å². The van der Waals surface area contributed by atoms with E-state index in [1.807, 2.05) is 32.9 Å². The molecule has 7 heteroatoms. The first-order valence-corrected chi connectivity index (χ1v) is 11.8. The third kappa shape index (κ3) is 4.71. The van der Waals surface area contributed by atoms with Gasteiger partial charge in [0.05, 0.1) is 6.54 Å². The summed E-state index contributed by atoms with van der Waals surface area (Å²) in [4.78, 5) is 35.5. The molecule has 1 aromatic heterocycles. The summed E-state index contributed by atoms with van der Waals surface area (Å²) in [7, 11) is 0. The Bertz CT molecular complexity index is 784. The summed E-state index contributed by atoms with van der Waals surface area (Å²) in [6, 6.07) is 4.54. The Morgan fingerprint density at radius 3 is 2.26 bits per heavy atom. The summed E-state index contributed by atoms with van der Waals surface area (Å²) in [5.74, 6) is 1.06. The Morgan fingerprint density at radius 1 is 1.10 bits per heavy atom. The van der Waals surface area contributed by atoms with Crippen LogP contribution >= 0.6 is 0 Å². The number of Topliss-reactive ketones (excluding diaryl/α,β-unsaturated/α-hetero) is 1. The van der Waals surface area contributed by atoms with Gasteiger partial charge in [-0.2, -0.15) is 0 Å². The predicted molar refractivity (Wildman–Crippen MR) is 121 cm³/mol. The van der Waals surface area contributed by atoms with Crippen LogP contribution in [-0.4, -0.2) is 75.1 Å². The number of amides is 1. The second-order valence-corrected chi connectivity index (χ2v) is 10.4. The highest BCUT2D eigenvalue weighted by molar-refractivity contribution is 5.97. The fourth-order valence-electron chi connectivity index (χ4n) is 5.84. The molecule has 4 rings (SSSR count). The lowest BCUT2D eigenvalue weighted by Gasteiger charge is -2.47. The molecular formula is C24H36N4O3. The normalized spacial score (nSPS) is 26.7. The van der Waals surface area contributed by atoms with Crippen molar-refractivity contribution in [1.82, 2.24) is 14.8 Å². The van der Waals surface area contributed by atoms with Crippen molar-refractivity contribution in [1.29, 1.82) is 0 Å². The van der Waals surface area contributed by atoms with Gasteiger partial charge in [-0.1, -0.05) is 6.42 Å². The van der Waals surface area contributed by atoms with Gasteiger partial charge in [0.15, 0.2) is 5.78 Å². The van der Waals surface area contributed by atoms with Crippen LogP contribution in [0.4, 0.5) is 10.6 Å². The number of nitrogens with zero attached hydrogens (tertiary/aromatic N) is 4. The molecule has 7 nitrogen and oxygen atoms in total. The molecule has 0 radical (unpaired) electrons. The number of fused-ring (bicyclic) bond motifs is 2. The van der Waals surface area contributed by atoms with Crippen LogP contribution < -0.4 is 4.90 Å². The summed E-state index contributed by atoms with van der Waals surface area (Å²) in [6.07, 6.45) is 8.31. The Hall–Kier alpha value is -2.15. The topological polar surface area (TPSA) is 77.0 Å². The molecule has 1 amide bonds. The largest absolute Gasteiger partial charge is 0.465 e. The van der Waals surface area contributed by atoms with Gasteiger partial charge in [0.1, 0.15) is 5.82 Å². The van der Waals surface area contributed by atoms with Crippen molar-refractivity contribution in [2.75, 3.05) is 24.5 Å². The number of carbonyl (C=O) groups excluding carboxylic acids is 1. The summed E-state index contributed by atoms with van der Waals surface area (Å²) < 4.78 is 0. The quantitative estimate of drug-likeness (QED) is 0.714. The number of hydrogen-bond donors (Lipinski definition) is 1. The van der Waals surface area contributed by atoms with Gasteiger partial charge in [0.25, 0.3) is 0 Å². The minimum Gasteiger partial charge on any atom is -0.465 e. The number of hydrogen-bond acceptors (Lipinski definition) is 5. The predicted octanol–water partition coefficient (Wildman–Crippen LogP) is 4.03. The highest BCUT2D eigenvalue weighted by Gasteiger charge is 2.46. The number of anilines is 1. The van der Waals surface area contributed by atoms with Crippen LogP contribution in [0.25, 0.3) is 0 Å². The minimum atomic E-state index is -0.833. The van der Waals surface area contributed by atoms with Crippen LogP contribution in [0.15, 0.2) is 18.3 Å². The Balaban J connectivity index is 1.43. The van der Waals surface area contributed by atoms with Gasteiger partial charge in [-0.15, -0.1) is 0 Å². The average molecular weight is 429 g/mol. The van der Waals surface area contributed by atoms with Crippen molar-refractivity contribution in [3.63, 3.8) is 0 Å². The number of likely N-dealkylation sites (tertiary alicyclic amines) is 1. The maximum absolute atomic E-state index is 12.7. The number of pyridine rings is 1. The molecule has 170 valence electrons. The Labute approximate surface area is 185 Å². The van der Waals surface area contributed by atoms with Crippen molar-refractivity contribution >= 4 is 17.7 Å². The van der Waals surface area contributed by atoms with Crippen molar-refractivity contribution in [2.24, 2.45) is 0 Å². The van der Waals surface area contributed by atoms with Gasteiger partial charge in [-0.05, 0) is 84.5 Å². The van der Waals surface area contributed by atoms with E-state index in [1.165, 1.54) is 19.3 Å². The third-order valence-electron chi connectivity index (χ3n) is 7.15. The molecule has 1 N–H and O–H groups in total.